The molecule has 0 radical (unpaired) electrons. The second-order valence-corrected chi connectivity index (χ2v) is 9.47. The van der Waals surface area contributed by atoms with E-state index in [2.05, 4.69) is 15.6 Å². The lowest BCUT2D eigenvalue weighted by molar-refractivity contribution is -0.127. The van der Waals surface area contributed by atoms with Crippen molar-refractivity contribution in [2.45, 2.75) is 50.7 Å². The number of rotatable bonds is 8. The minimum Gasteiger partial charge on any atom is -0.497 e. The summed E-state index contributed by atoms with van der Waals surface area (Å²) in [4.78, 5) is 29.3. The van der Waals surface area contributed by atoms with Crippen molar-refractivity contribution in [3.8, 4) is 5.75 Å². The molecule has 1 aliphatic rings. The molecule has 1 aliphatic carbocycles. The molecule has 0 saturated heterocycles. The van der Waals surface area contributed by atoms with Gasteiger partial charge in [-0.05, 0) is 43.2 Å². The lowest BCUT2D eigenvalue weighted by Crippen LogP contribution is -2.48. The molecule has 9 heteroatoms. The highest BCUT2D eigenvalue weighted by molar-refractivity contribution is 6.01. The summed E-state index contributed by atoms with van der Waals surface area (Å²) in [6, 6.07) is 19.0. The first-order valence-corrected chi connectivity index (χ1v) is 12.8. The van der Waals surface area contributed by atoms with Crippen molar-refractivity contribution in [2.75, 3.05) is 12.0 Å². The fraction of sp³-hybridized carbons (Fsp3) is 0.310. The number of halogens is 1. The van der Waals surface area contributed by atoms with Gasteiger partial charge >= 0.3 is 0 Å². The van der Waals surface area contributed by atoms with Gasteiger partial charge in [0.2, 0.25) is 11.8 Å². The van der Waals surface area contributed by atoms with Crippen LogP contribution >= 0.6 is 0 Å². The van der Waals surface area contributed by atoms with Gasteiger partial charge in [-0.1, -0.05) is 60.9 Å². The monoisotopic (exact) mass is 515 g/mol. The van der Waals surface area contributed by atoms with Gasteiger partial charge < -0.3 is 10.1 Å². The Hall–Kier alpha value is -4.27. The van der Waals surface area contributed by atoms with Crippen LogP contribution in [0.1, 0.15) is 43.7 Å². The molecule has 2 amide bonds. The molecule has 1 saturated carbocycles. The second kappa shape index (κ2) is 11.4. The molecule has 5 rings (SSSR count). The third-order valence-electron chi connectivity index (χ3n) is 6.96. The molecule has 196 valence electrons. The van der Waals surface area contributed by atoms with Crippen molar-refractivity contribution in [2.24, 2.45) is 0 Å². The van der Waals surface area contributed by atoms with Crippen LogP contribution < -0.4 is 15.0 Å². The first-order chi connectivity index (χ1) is 18.5. The van der Waals surface area contributed by atoms with Crippen molar-refractivity contribution >= 4 is 28.5 Å². The zero-order valence-electron chi connectivity index (χ0n) is 21.2. The molecule has 0 spiro atoms. The number of nitrogens with one attached hydrogen (secondary N) is 1. The van der Waals surface area contributed by atoms with Gasteiger partial charge in [-0.25, -0.2) is 9.07 Å². The van der Waals surface area contributed by atoms with E-state index in [9.17, 15) is 9.59 Å². The number of fused-ring (bicyclic) bond motifs is 1. The van der Waals surface area contributed by atoms with Crippen LogP contribution in [0.3, 0.4) is 0 Å². The highest BCUT2D eigenvalue weighted by atomic mass is 19.1. The summed E-state index contributed by atoms with van der Waals surface area (Å²) in [5.74, 6) is -0.933. The summed E-state index contributed by atoms with van der Waals surface area (Å²) < 4.78 is 22.2. The predicted octanol–water partition coefficient (Wildman–Crippen LogP) is 4.80. The van der Waals surface area contributed by atoms with Crippen LogP contribution in [-0.4, -0.2) is 40.0 Å². The largest absolute Gasteiger partial charge is 0.497 e. The van der Waals surface area contributed by atoms with Crippen molar-refractivity contribution in [3.05, 3.63) is 84.2 Å². The number of nitrogens with zero attached hydrogens (tertiary/aromatic N) is 4. The molecule has 1 heterocycles. The van der Waals surface area contributed by atoms with Gasteiger partial charge in [0.25, 0.3) is 0 Å². The van der Waals surface area contributed by atoms with Crippen molar-refractivity contribution in [1.29, 1.82) is 0 Å². The third-order valence-corrected chi connectivity index (χ3v) is 6.96. The number of anilines is 1. The van der Waals surface area contributed by atoms with Crippen LogP contribution in [0.25, 0.3) is 11.0 Å². The van der Waals surface area contributed by atoms with E-state index < -0.39 is 23.7 Å². The maximum absolute atomic E-state index is 15.3. The van der Waals surface area contributed by atoms with E-state index in [0.717, 1.165) is 32.1 Å². The molecule has 8 nitrogen and oxygen atoms in total. The van der Waals surface area contributed by atoms with E-state index in [4.69, 9.17) is 4.74 Å². The maximum Gasteiger partial charge on any atom is 0.249 e. The molecule has 1 aromatic heterocycles. The molecular formula is C29H30FN5O3. The van der Waals surface area contributed by atoms with Crippen LogP contribution in [0.15, 0.2) is 72.8 Å². The smallest absolute Gasteiger partial charge is 0.249 e. The lowest BCUT2D eigenvalue weighted by Gasteiger charge is -2.33. The average Bonchev–Trinajstić information content (AvgIpc) is 3.35. The SMILES string of the molecule is COc1cccc(N(C(=O)Cn2nnc3ccccc32)[C@H](C(=O)NC2CCCCC2)c2ccccc2F)c1. The number of hydrogen-bond donors (Lipinski definition) is 1. The molecule has 4 aromatic rings. The maximum atomic E-state index is 15.3. The van der Waals surface area contributed by atoms with Gasteiger partial charge in [-0.2, -0.15) is 0 Å². The number of ether oxygens (including phenoxy) is 1. The summed E-state index contributed by atoms with van der Waals surface area (Å²) in [5, 5.41) is 11.4. The van der Waals surface area contributed by atoms with Crippen LogP contribution in [-0.2, 0) is 16.1 Å². The number of amides is 2. The Balaban J connectivity index is 1.59. The number of methoxy groups -OCH3 is 1. The first-order valence-electron chi connectivity index (χ1n) is 12.8. The van der Waals surface area contributed by atoms with Crippen LogP contribution in [0, 0.1) is 5.82 Å². The van der Waals surface area contributed by atoms with Gasteiger partial charge in [0.15, 0.2) is 0 Å². The van der Waals surface area contributed by atoms with Crippen molar-refractivity contribution in [3.63, 3.8) is 0 Å². The van der Waals surface area contributed by atoms with Crippen molar-refractivity contribution in [1.82, 2.24) is 20.3 Å². The Morgan fingerprint density at radius 2 is 1.82 bits per heavy atom. The van der Waals surface area contributed by atoms with Gasteiger partial charge in [-0.3, -0.25) is 14.5 Å². The minimum atomic E-state index is -1.24. The zero-order valence-corrected chi connectivity index (χ0v) is 21.2. The molecule has 0 unspecified atom stereocenters. The second-order valence-electron chi connectivity index (χ2n) is 9.47. The van der Waals surface area contributed by atoms with Crippen molar-refractivity contribution < 1.29 is 18.7 Å². The predicted molar refractivity (Wildman–Crippen MR) is 142 cm³/mol. The fourth-order valence-electron chi connectivity index (χ4n) is 5.06. The molecule has 3 aromatic carbocycles. The molecule has 1 atom stereocenters. The number of para-hydroxylation sites is 1. The molecular weight excluding hydrogens is 485 g/mol. The van der Waals surface area contributed by atoms with E-state index >= 15 is 4.39 Å². The standard InChI is InChI=1S/C29H30FN5O3/c1-38-22-13-9-12-21(18-22)35(27(36)19-34-26-17-8-7-16-25(26)32-33-34)28(23-14-5-6-15-24(23)30)29(37)31-20-10-3-2-4-11-20/h5-9,12-18,20,28H,2-4,10-11,19H2,1H3,(H,31,37)/t28-/m0/s1. The number of hydrogen-bond acceptors (Lipinski definition) is 5. The van der Waals surface area contributed by atoms with Gasteiger partial charge in [-0.15, -0.1) is 5.10 Å². The average molecular weight is 516 g/mol. The molecule has 0 bridgehead atoms. The van der Waals surface area contributed by atoms with E-state index in [1.807, 2.05) is 24.3 Å². The molecule has 1 fully saturated rings. The normalized spacial score (nSPS) is 14.7. The van der Waals surface area contributed by atoms with Crippen LogP contribution in [0.2, 0.25) is 0 Å². The number of carbonyl (C=O) groups excluding carboxylic acids is 2. The summed E-state index contributed by atoms with van der Waals surface area (Å²) in [6.07, 6.45) is 4.88. The zero-order chi connectivity index (χ0) is 26.5. The Bertz CT molecular complexity index is 1430. The van der Waals surface area contributed by atoms with Gasteiger partial charge in [0.1, 0.15) is 29.7 Å². The minimum absolute atomic E-state index is 0.0213. The first kappa shape index (κ1) is 25.4. The van der Waals surface area contributed by atoms with Crippen LogP contribution in [0.5, 0.6) is 5.75 Å². The summed E-state index contributed by atoms with van der Waals surface area (Å²) >= 11 is 0. The van der Waals surface area contributed by atoms with Gasteiger partial charge in [0, 0.05) is 23.4 Å². The fourth-order valence-corrected chi connectivity index (χ4v) is 5.06. The topological polar surface area (TPSA) is 89.3 Å². The number of carbonyl (C=O) groups is 2. The molecule has 38 heavy (non-hydrogen) atoms. The Labute approximate surface area is 220 Å². The Kier molecular flexibility index (Phi) is 7.62. The molecule has 1 N–H and O–H groups in total. The Morgan fingerprint density at radius 1 is 1.05 bits per heavy atom. The van der Waals surface area contributed by atoms with Crippen LogP contribution in [0.4, 0.5) is 10.1 Å². The van der Waals surface area contributed by atoms with E-state index in [1.54, 1.807) is 42.5 Å². The van der Waals surface area contributed by atoms with Gasteiger partial charge in [0.05, 0.1) is 12.6 Å². The highest BCUT2D eigenvalue weighted by Crippen LogP contribution is 2.33. The third kappa shape index (κ3) is 5.37. The Morgan fingerprint density at radius 3 is 2.61 bits per heavy atom. The quantitative estimate of drug-likeness (QED) is 0.364. The summed E-state index contributed by atoms with van der Waals surface area (Å²) in [6.45, 7) is -0.195. The van der Waals surface area contributed by atoms with E-state index in [-0.39, 0.29) is 18.2 Å². The summed E-state index contributed by atoms with van der Waals surface area (Å²) in [5.41, 5.74) is 1.85. The molecule has 0 aliphatic heterocycles. The highest BCUT2D eigenvalue weighted by Gasteiger charge is 2.36. The lowest BCUT2D eigenvalue weighted by atomic mass is 9.94. The summed E-state index contributed by atoms with van der Waals surface area (Å²) in [7, 11) is 1.52. The van der Waals surface area contributed by atoms with E-state index in [1.165, 1.54) is 22.8 Å². The number of aromatic nitrogens is 3. The van der Waals surface area contributed by atoms with E-state index in [0.29, 0.717) is 22.5 Å². The number of benzene rings is 3.